The number of para-hydroxylation sites is 1. The topological polar surface area (TPSA) is 74.7 Å². The van der Waals surface area contributed by atoms with E-state index in [1.54, 1.807) is 0 Å². The molecule has 1 aromatic carbocycles. The number of fused-ring (bicyclic) bond motifs is 3. The van der Waals surface area contributed by atoms with Crippen LogP contribution >= 0.6 is 11.8 Å². The van der Waals surface area contributed by atoms with Gasteiger partial charge in [0.2, 0.25) is 0 Å². The van der Waals surface area contributed by atoms with Crippen LogP contribution in [0.3, 0.4) is 0 Å². The molecule has 0 saturated heterocycles. The highest BCUT2D eigenvalue weighted by atomic mass is 32.2. The van der Waals surface area contributed by atoms with E-state index in [1.807, 2.05) is 50.2 Å². The molecule has 0 atom stereocenters. The molecule has 0 amide bonds. The molecular formula is C26H29N5O2S. The minimum atomic E-state index is -0.126. The summed E-state index contributed by atoms with van der Waals surface area (Å²) in [6.45, 7) is 7.78. The summed E-state index contributed by atoms with van der Waals surface area (Å²) in [5.41, 5.74) is 5.09. The quantitative estimate of drug-likeness (QED) is 0.230. The zero-order valence-corrected chi connectivity index (χ0v) is 20.7. The molecule has 176 valence electrons. The minimum Gasteiger partial charge on any atom is -0.349 e. The zero-order valence-electron chi connectivity index (χ0n) is 19.9. The Balaban J connectivity index is 1.54. The molecule has 0 aliphatic carbocycles. The molecule has 0 saturated carbocycles. The van der Waals surface area contributed by atoms with Crippen molar-refractivity contribution in [1.29, 1.82) is 0 Å². The molecule has 3 aliphatic rings. The SMILES string of the molecule is CCn1c(C)cc(C(=O)CSc2nc3nn(-c4ccccc4)c(=O)c-3c3n2CCCCC3)c1C. The summed E-state index contributed by atoms with van der Waals surface area (Å²) >= 11 is 1.45. The van der Waals surface area contributed by atoms with Crippen LogP contribution < -0.4 is 5.56 Å². The average Bonchev–Trinajstić information content (AvgIpc) is 3.19. The van der Waals surface area contributed by atoms with Gasteiger partial charge in [-0.3, -0.25) is 9.59 Å². The number of benzene rings is 1. The van der Waals surface area contributed by atoms with Crippen molar-refractivity contribution < 1.29 is 4.79 Å². The highest BCUT2D eigenvalue weighted by Crippen LogP contribution is 2.31. The van der Waals surface area contributed by atoms with Crippen LogP contribution in [0.25, 0.3) is 17.1 Å². The molecule has 0 spiro atoms. The molecule has 4 heterocycles. The van der Waals surface area contributed by atoms with Crippen molar-refractivity contribution in [2.45, 2.75) is 64.7 Å². The Kier molecular flexibility index (Phi) is 6.16. The Labute approximate surface area is 203 Å². The lowest BCUT2D eigenvalue weighted by Crippen LogP contribution is -2.19. The lowest BCUT2D eigenvalue weighted by Gasteiger charge is -2.17. The van der Waals surface area contributed by atoms with Gasteiger partial charge in [0, 0.05) is 35.7 Å². The first-order valence-corrected chi connectivity index (χ1v) is 12.9. The second kappa shape index (κ2) is 9.25. The van der Waals surface area contributed by atoms with E-state index in [0.717, 1.165) is 72.3 Å². The van der Waals surface area contributed by atoms with E-state index < -0.39 is 0 Å². The second-order valence-corrected chi connectivity index (χ2v) is 9.74. The van der Waals surface area contributed by atoms with E-state index in [4.69, 9.17) is 4.98 Å². The molecule has 1 aromatic heterocycles. The van der Waals surface area contributed by atoms with Crippen LogP contribution in [0.1, 0.15) is 53.6 Å². The Morgan fingerprint density at radius 2 is 1.91 bits per heavy atom. The molecule has 7 nitrogen and oxygen atoms in total. The van der Waals surface area contributed by atoms with Gasteiger partial charge in [0.15, 0.2) is 16.8 Å². The molecule has 0 unspecified atom stereocenters. The van der Waals surface area contributed by atoms with Gasteiger partial charge in [-0.15, -0.1) is 5.10 Å². The van der Waals surface area contributed by atoms with E-state index in [2.05, 4.69) is 21.2 Å². The molecule has 0 radical (unpaired) electrons. The summed E-state index contributed by atoms with van der Waals surface area (Å²) in [6.07, 6.45) is 3.98. The summed E-state index contributed by atoms with van der Waals surface area (Å²) < 4.78 is 5.76. The van der Waals surface area contributed by atoms with Crippen LogP contribution in [0.5, 0.6) is 0 Å². The number of hydrogen-bond donors (Lipinski definition) is 0. The van der Waals surface area contributed by atoms with Gasteiger partial charge >= 0.3 is 0 Å². The molecule has 0 N–H and O–H groups in total. The minimum absolute atomic E-state index is 0.0991. The Morgan fingerprint density at radius 1 is 1.12 bits per heavy atom. The average molecular weight is 476 g/mol. The predicted octanol–water partition coefficient (Wildman–Crippen LogP) is 4.67. The lowest BCUT2D eigenvalue weighted by molar-refractivity contribution is 0.102. The fourth-order valence-electron chi connectivity index (χ4n) is 4.99. The van der Waals surface area contributed by atoms with E-state index in [-0.39, 0.29) is 11.3 Å². The molecule has 3 aliphatic heterocycles. The van der Waals surface area contributed by atoms with E-state index >= 15 is 0 Å². The number of ketones is 1. The summed E-state index contributed by atoms with van der Waals surface area (Å²) in [5.74, 6) is 0.860. The van der Waals surface area contributed by atoms with E-state index in [9.17, 15) is 9.59 Å². The summed E-state index contributed by atoms with van der Waals surface area (Å²) in [6, 6.07) is 11.4. The number of hydrogen-bond acceptors (Lipinski definition) is 5. The smallest absolute Gasteiger partial charge is 0.284 e. The largest absolute Gasteiger partial charge is 0.349 e. The van der Waals surface area contributed by atoms with Crippen LogP contribution in [0.2, 0.25) is 0 Å². The highest BCUT2D eigenvalue weighted by molar-refractivity contribution is 7.99. The van der Waals surface area contributed by atoms with Crippen molar-refractivity contribution in [2.75, 3.05) is 5.75 Å². The van der Waals surface area contributed by atoms with Gasteiger partial charge in [0.05, 0.1) is 11.4 Å². The number of carbonyl (C=O) groups excluding carboxylic acids is 1. The molecule has 8 heteroatoms. The Hall–Kier alpha value is -3.13. The van der Waals surface area contributed by atoms with Crippen molar-refractivity contribution in [2.24, 2.45) is 0 Å². The van der Waals surface area contributed by atoms with E-state index in [0.29, 0.717) is 17.1 Å². The normalized spacial score (nSPS) is 13.7. The van der Waals surface area contributed by atoms with Crippen molar-refractivity contribution in [1.82, 2.24) is 23.9 Å². The maximum absolute atomic E-state index is 13.4. The monoisotopic (exact) mass is 475 g/mol. The van der Waals surface area contributed by atoms with E-state index in [1.165, 1.54) is 16.4 Å². The third-order valence-electron chi connectivity index (χ3n) is 6.69. The van der Waals surface area contributed by atoms with Crippen LogP contribution in [-0.2, 0) is 19.5 Å². The molecule has 5 rings (SSSR count). The summed E-state index contributed by atoms with van der Waals surface area (Å²) in [5, 5.41) is 5.35. The zero-order chi connectivity index (χ0) is 23.8. The lowest BCUT2D eigenvalue weighted by atomic mass is 10.1. The highest BCUT2D eigenvalue weighted by Gasteiger charge is 2.27. The third kappa shape index (κ3) is 3.90. The van der Waals surface area contributed by atoms with Gasteiger partial charge in [0.25, 0.3) is 5.56 Å². The molecule has 2 aromatic rings. The Bertz CT molecular complexity index is 1380. The van der Waals surface area contributed by atoms with Crippen molar-refractivity contribution in [3.8, 4) is 17.1 Å². The van der Waals surface area contributed by atoms with Gasteiger partial charge in [-0.1, -0.05) is 36.4 Å². The second-order valence-electron chi connectivity index (χ2n) is 8.80. The first kappa shape index (κ1) is 22.7. The standard InChI is InChI=1S/C26H29N5O2S/c1-4-29-17(2)15-20(18(29)3)22(32)16-34-26-27-24-23(21-13-9-6-10-14-30(21)26)25(33)31(28-24)19-11-7-5-8-12-19/h5,7-8,11-12,15H,4,6,9-10,13-14,16H2,1-3H3. The predicted molar refractivity (Wildman–Crippen MR) is 134 cm³/mol. The van der Waals surface area contributed by atoms with Crippen LogP contribution in [0.15, 0.2) is 46.3 Å². The van der Waals surface area contributed by atoms with Crippen LogP contribution in [0.4, 0.5) is 0 Å². The maximum Gasteiger partial charge on any atom is 0.284 e. The first-order valence-electron chi connectivity index (χ1n) is 11.9. The number of Topliss-reactive ketones (excluding diaryl/α,β-unsaturated/α-hetero) is 1. The summed E-state index contributed by atoms with van der Waals surface area (Å²) in [4.78, 5) is 31.3. The number of thioether (sulfide) groups is 1. The fraction of sp³-hybridized carbons (Fsp3) is 0.385. The fourth-order valence-corrected chi connectivity index (χ4v) is 5.91. The third-order valence-corrected chi connectivity index (χ3v) is 7.67. The van der Waals surface area contributed by atoms with Crippen LogP contribution in [0, 0.1) is 13.8 Å². The van der Waals surface area contributed by atoms with Gasteiger partial charge in [-0.05, 0) is 58.2 Å². The van der Waals surface area contributed by atoms with Gasteiger partial charge < -0.3 is 9.13 Å². The Morgan fingerprint density at radius 3 is 2.65 bits per heavy atom. The molecule has 34 heavy (non-hydrogen) atoms. The molecular weight excluding hydrogens is 446 g/mol. The number of carbonyl (C=O) groups is 1. The number of rotatable bonds is 6. The number of aryl methyl sites for hydroxylation is 1. The van der Waals surface area contributed by atoms with Gasteiger partial charge in [0.1, 0.15) is 5.56 Å². The van der Waals surface area contributed by atoms with Crippen molar-refractivity contribution >= 4 is 17.5 Å². The number of nitrogens with zero attached hydrogens (tertiary/aromatic N) is 5. The first-order chi connectivity index (χ1) is 16.5. The number of aromatic nitrogens is 5. The van der Waals surface area contributed by atoms with Gasteiger partial charge in [-0.2, -0.15) is 4.68 Å². The van der Waals surface area contributed by atoms with Gasteiger partial charge in [-0.25, -0.2) is 4.98 Å². The maximum atomic E-state index is 13.4. The molecule has 0 bridgehead atoms. The summed E-state index contributed by atoms with van der Waals surface area (Å²) in [7, 11) is 0. The van der Waals surface area contributed by atoms with Crippen molar-refractivity contribution in [3.05, 3.63) is 69.4 Å². The van der Waals surface area contributed by atoms with Crippen LogP contribution in [-0.4, -0.2) is 35.4 Å². The van der Waals surface area contributed by atoms with Crippen molar-refractivity contribution in [3.63, 3.8) is 0 Å². The molecule has 0 fully saturated rings.